The van der Waals surface area contributed by atoms with Crippen molar-refractivity contribution < 1.29 is 19.1 Å². The Hall–Kier alpha value is -2.48. The summed E-state index contributed by atoms with van der Waals surface area (Å²) in [6, 6.07) is 5.34. The molecule has 0 aromatic carbocycles. The number of amides is 3. The molecule has 1 saturated heterocycles. The monoisotopic (exact) mass is 388 g/mol. The molecule has 0 radical (unpaired) electrons. The standard InChI is InChI=1S/C20H28N4O4/c1-28-17-8-7-14(20(27)22-12-15-5-2-3-9-21-15)11-16(17)23-18(25)13-24-10-4-6-19(24)26/h2-3,5,9,14,16-17H,4,6-8,10-13H2,1H3,(H,22,27)(H,23,25)/t14-,16+,17+/m0/s1. The Morgan fingerprint density at radius 1 is 1.32 bits per heavy atom. The van der Waals surface area contributed by atoms with Crippen molar-refractivity contribution >= 4 is 17.7 Å². The molecular formula is C20H28N4O4. The van der Waals surface area contributed by atoms with E-state index < -0.39 is 0 Å². The summed E-state index contributed by atoms with van der Waals surface area (Å²) < 4.78 is 5.52. The number of likely N-dealkylation sites (tertiary alicyclic amines) is 1. The number of carbonyl (C=O) groups is 3. The highest BCUT2D eigenvalue weighted by molar-refractivity contribution is 5.86. The van der Waals surface area contributed by atoms with Crippen molar-refractivity contribution in [3.8, 4) is 0 Å². The lowest BCUT2D eigenvalue weighted by atomic mass is 9.83. The summed E-state index contributed by atoms with van der Waals surface area (Å²) in [7, 11) is 1.62. The van der Waals surface area contributed by atoms with Gasteiger partial charge in [-0.15, -0.1) is 0 Å². The fourth-order valence-electron chi connectivity index (χ4n) is 3.94. The summed E-state index contributed by atoms with van der Waals surface area (Å²) in [4.78, 5) is 42.5. The second-order valence-corrected chi connectivity index (χ2v) is 7.42. The maximum atomic E-state index is 12.6. The first kappa shape index (κ1) is 20.3. The molecule has 0 unspecified atom stereocenters. The summed E-state index contributed by atoms with van der Waals surface area (Å²) in [6.45, 7) is 1.09. The smallest absolute Gasteiger partial charge is 0.239 e. The van der Waals surface area contributed by atoms with E-state index in [1.54, 1.807) is 18.2 Å². The molecule has 1 aromatic rings. The topological polar surface area (TPSA) is 101 Å². The number of nitrogens with zero attached hydrogens (tertiary/aromatic N) is 2. The van der Waals surface area contributed by atoms with Gasteiger partial charge >= 0.3 is 0 Å². The first-order valence-electron chi connectivity index (χ1n) is 9.84. The van der Waals surface area contributed by atoms with Gasteiger partial charge < -0.3 is 20.3 Å². The second kappa shape index (κ2) is 9.64. The average molecular weight is 388 g/mol. The van der Waals surface area contributed by atoms with E-state index in [-0.39, 0.29) is 42.3 Å². The fourth-order valence-corrected chi connectivity index (χ4v) is 3.94. The molecule has 8 heteroatoms. The highest BCUT2D eigenvalue weighted by atomic mass is 16.5. The van der Waals surface area contributed by atoms with Gasteiger partial charge in [-0.2, -0.15) is 0 Å². The van der Waals surface area contributed by atoms with E-state index in [0.29, 0.717) is 38.8 Å². The third kappa shape index (κ3) is 5.28. The van der Waals surface area contributed by atoms with Crippen LogP contribution in [0.25, 0.3) is 0 Å². The molecule has 3 amide bonds. The summed E-state index contributed by atoms with van der Waals surface area (Å²) >= 11 is 0. The van der Waals surface area contributed by atoms with E-state index in [9.17, 15) is 14.4 Å². The minimum absolute atomic E-state index is 0.0221. The maximum Gasteiger partial charge on any atom is 0.239 e. The molecule has 3 rings (SSSR count). The Morgan fingerprint density at radius 3 is 2.86 bits per heavy atom. The van der Waals surface area contributed by atoms with Crippen molar-refractivity contribution in [2.45, 2.75) is 50.8 Å². The predicted octanol–water partition coefficient (Wildman–Crippen LogP) is 0.620. The van der Waals surface area contributed by atoms with Crippen molar-refractivity contribution in [1.29, 1.82) is 0 Å². The Labute approximate surface area is 165 Å². The zero-order valence-electron chi connectivity index (χ0n) is 16.2. The van der Waals surface area contributed by atoms with Crippen molar-refractivity contribution in [3.05, 3.63) is 30.1 Å². The minimum Gasteiger partial charge on any atom is -0.379 e. The number of methoxy groups -OCH3 is 1. The highest BCUT2D eigenvalue weighted by Crippen LogP contribution is 2.27. The molecule has 1 aromatic heterocycles. The van der Waals surface area contributed by atoms with Crippen molar-refractivity contribution in [2.75, 3.05) is 20.2 Å². The van der Waals surface area contributed by atoms with Crippen LogP contribution in [0.5, 0.6) is 0 Å². The molecule has 8 nitrogen and oxygen atoms in total. The van der Waals surface area contributed by atoms with Gasteiger partial charge in [-0.25, -0.2) is 0 Å². The first-order chi connectivity index (χ1) is 13.6. The van der Waals surface area contributed by atoms with E-state index in [2.05, 4.69) is 15.6 Å². The van der Waals surface area contributed by atoms with Crippen LogP contribution in [-0.2, 0) is 25.7 Å². The average Bonchev–Trinajstić information content (AvgIpc) is 3.11. The Kier molecular flexibility index (Phi) is 6.97. The zero-order chi connectivity index (χ0) is 19.9. The molecule has 0 spiro atoms. The molecule has 2 N–H and O–H groups in total. The second-order valence-electron chi connectivity index (χ2n) is 7.42. The quantitative estimate of drug-likeness (QED) is 0.713. The van der Waals surface area contributed by atoms with Gasteiger partial charge in [0, 0.05) is 32.2 Å². The van der Waals surface area contributed by atoms with Crippen LogP contribution in [0.4, 0.5) is 0 Å². The molecule has 2 aliphatic rings. The largest absolute Gasteiger partial charge is 0.379 e. The predicted molar refractivity (Wildman–Crippen MR) is 102 cm³/mol. The van der Waals surface area contributed by atoms with E-state index in [1.165, 1.54) is 0 Å². The zero-order valence-corrected chi connectivity index (χ0v) is 16.2. The lowest BCUT2D eigenvalue weighted by molar-refractivity contribution is -0.134. The highest BCUT2D eigenvalue weighted by Gasteiger charge is 2.35. The van der Waals surface area contributed by atoms with E-state index in [4.69, 9.17) is 4.74 Å². The fraction of sp³-hybridized carbons (Fsp3) is 0.600. The van der Waals surface area contributed by atoms with E-state index >= 15 is 0 Å². The normalized spacial score (nSPS) is 24.8. The van der Waals surface area contributed by atoms with Crippen LogP contribution < -0.4 is 10.6 Å². The Morgan fingerprint density at radius 2 is 2.18 bits per heavy atom. The van der Waals surface area contributed by atoms with Gasteiger partial charge in [0.25, 0.3) is 0 Å². The molecule has 2 heterocycles. The number of hydrogen-bond acceptors (Lipinski definition) is 5. The van der Waals surface area contributed by atoms with Crippen LogP contribution in [0.15, 0.2) is 24.4 Å². The molecule has 152 valence electrons. The number of rotatable bonds is 7. The lowest BCUT2D eigenvalue weighted by Gasteiger charge is -2.35. The van der Waals surface area contributed by atoms with Gasteiger partial charge in [0.1, 0.15) is 0 Å². The van der Waals surface area contributed by atoms with Crippen LogP contribution in [0, 0.1) is 5.92 Å². The third-order valence-electron chi connectivity index (χ3n) is 5.48. The van der Waals surface area contributed by atoms with Gasteiger partial charge in [0.2, 0.25) is 17.7 Å². The molecule has 28 heavy (non-hydrogen) atoms. The molecule has 1 saturated carbocycles. The number of carbonyl (C=O) groups excluding carboxylic acids is 3. The number of hydrogen-bond donors (Lipinski definition) is 2. The van der Waals surface area contributed by atoms with E-state index in [1.807, 2.05) is 18.2 Å². The van der Waals surface area contributed by atoms with Gasteiger partial charge in [0.15, 0.2) is 0 Å². The third-order valence-corrected chi connectivity index (χ3v) is 5.48. The Bertz CT molecular complexity index is 697. The number of pyridine rings is 1. The minimum atomic E-state index is -0.241. The summed E-state index contributed by atoms with van der Waals surface area (Å²) in [6.07, 6.45) is 4.81. The van der Waals surface area contributed by atoms with Crippen LogP contribution in [0.1, 0.15) is 37.8 Å². The Balaban J connectivity index is 1.52. The number of ether oxygens (including phenoxy) is 1. The van der Waals surface area contributed by atoms with Gasteiger partial charge in [-0.1, -0.05) is 6.07 Å². The van der Waals surface area contributed by atoms with Crippen molar-refractivity contribution in [3.63, 3.8) is 0 Å². The van der Waals surface area contributed by atoms with Crippen molar-refractivity contribution in [2.24, 2.45) is 5.92 Å². The lowest BCUT2D eigenvalue weighted by Crippen LogP contribution is -2.52. The summed E-state index contributed by atoms with van der Waals surface area (Å²) in [5, 5.41) is 5.91. The van der Waals surface area contributed by atoms with Gasteiger partial charge in [0.05, 0.1) is 30.9 Å². The first-order valence-corrected chi connectivity index (χ1v) is 9.84. The summed E-state index contributed by atoms with van der Waals surface area (Å²) in [5.74, 6) is -0.395. The number of nitrogens with one attached hydrogen (secondary N) is 2. The molecule has 2 fully saturated rings. The maximum absolute atomic E-state index is 12.6. The SMILES string of the molecule is CO[C@@H]1CC[C@H](C(=O)NCc2ccccn2)C[C@H]1NC(=O)CN1CCCC1=O. The molecule has 1 aliphatic heterocycles. The van der Waals surface area contributed by atoms with Crippen LogP contribution in [-0.4, -0.2) is 60.0 Å². The van der Waals surface area contributed by atoms with Gasteiger partial charge in [-0.3, -0.25) is 19.4 Å². The number of aromatic nitrogens is 1. The molecule has 0 bridgehead atoms. The van der Waals surface area contributed by atoms with Crippen LogP contribution in [0.2, 0.25) is 0 Å². The summed E-state index contributed by atoms with van der Waals surface area (Å²) in [5.41, 5.74) is 0.807. The molecule has 1 aliphatic carbocycles. The van der Waals surface area contributed by atoms with Gasteiger partial charge in [-0.05, 0) is 37.8 Å². The van der Waals surface area contributed by atoms with E-state index in [0.717, 1.165) is 12.1 Å². The molecular weight excluding hydrogens is 360 g/mol. The van der Waals surface area contributed by atoms with Crippen LogP contribution in [0.3, 0.4) is 0 Å². The van der Waals surface area contributed by atoms with Crippen molar-refractivity contribution in [1.82, 2.24) is 20.5 Å². The molecule has 3 atom stereocenters. The van der Waals surface area contributed by atoms with Crippen LogP contribution >= 0.6 is 0 Å².